The second-order valence-electron chi connectivity index (χ2n) is 15.0. The highest BCUT2D eigenvalue weighted by atomic mass is 32.2. The molecule has 6 nitrogen and oxygen atoms in total. The molecule has 0 rings (SSSR count). The van der Waals surface area contributed by atoms with Crippen molar-refractivity contribution >= 4 is 16.0 Å². The van der Waals surface area contributed by atoms with Crippen molar-refractivity contribution in [2.75, 3.05) is 5.75 Å². The summed E-state index contributed by atoms with van der Waals surface area (Å²) in [4.78, 5) is 12.5. The molecule has 0 aromatic rings. The lowest BCUT2D eigenvalue weighted by atomic mass is 10.0. The molecule has 2 unspecified atom stereocenters. The Bertz CT molecular complexity index is 831. The maximum Gasteiger partial charge on any atom is 0.267 e. The van der Waals surface area contributed by atoms with Crippen molar-refractivity contribution in [3.63, 3.8) is 0 Å². The summed E-state index contributed by atoms with van der Waals surface area (Å²) in [5.74, 6) is -0.967. The Morgan fingerprint density at radius 3 is 1.16 bits per heavy atom. The average molecular weight is 714 g/mol. The highest BCUT2D eigenvalue weighted by Gasteiger charge is 2.24. The second kappa shape index (κ2) is 36.9. The van der Waals surface area contributed by atoms with Gasteiger partial charge in [0, 0.05) is 6.42 Å². The van der Waals surface area contributed by atoms with Gasteiger partial charge in [0.05, 0.1) is 17.9 Å². The third-order valence-corrected chi connectivity index (χ3v) is 10.7. The maximum atomic E-state index is 12.5. The lowest BCUT2D eigenvalue weighted by molar-refractivity contribution is -0.122. The van der Waals surface area contributed by atoms with Crippen molar-refractivity contribution in [2.24, 2.45) is 0 Å². The zero-order valence-electron chi connectivity index (χ0n) is 32.6. The van der Waals surface area contributed by atoms with Gasteiger partial charge in [0.2, 0.25) is 5.91 Å². The van der Waals surface area contributed by atoms with Crippen LogP contribution in [0.4, 0.5) is 0 Å². The molecule has 0 heterocycles. The lowest BCUT2D eigenvalue weighted by Gasteiger charge is -2.21. The summed E-state index contributed by atoms with van der Waals surface area (Å²) in [6.07, 6.45) is 44.9. The predicted molar refractivity (Wildman–Crippen MR) is 212 cm³/mol. The molecule has 1 amide bonds. The monoisotopic (exact) mass is 714 g/mol. The smallest absolute Gasteiger partial charge is 0.267 e. The number of carbonyl (C=O) groups is 1. The molecule has 0 aliphatic rings. The minimum atomic E-state index is -4.33. The second-order valence-corrected chi connectivity index (χ2v) is 16.5. The number of unbranched alkanes of at least 4 members (excludes halogenated alkanes) is 31. The Hall–Kier alpha value is -0.920. The molecule has 0 saturated heterocycles. The fourth-order valence-electron chi connectivity index (χ4n) is 6.75. The molecule has 0 saturated carbocycles. The van der Waals surface area contributed by atoms with Gasteiger partial charge in [0.15, 0.2) is 0 Å². The SMILES string of the molecule is CCCCCCCCCCCC/C=C/C(O)C(CS(=O)(=O)O)NC(=O)CCCCCCCCCCCCCCCCCCCCCCCC. The molecule has 0 spiro atoms. The Balaban J connectivity index is 3.78. The standard InChI is InChI=1S/C42H83NO5S/c1-3-5-7-9-11-13-15-17-18-19-20-21-22-23-24-25-26-28-30-32-34-36-38-42(45)43-40(39-49(46,47)48)41(44)37-35-33-31-29-27-16-14-12-10-8-6-4-2/h35,37,40-41,44H,3-34,36,38-39H2,1-2H3,(H,43,45)(H,46,47,48)/b37-35+. The third kappa shape index (κ3) is 38.1. The largest absolute Gasteiger partial charge is 0.387 e. The van der Waals surface area contributed by atoms with Gasteiger partial charge >= 0.3 is 0 Å². The van der Waals surface area contributed by atoms with Crippen LogP contribution in [-0.2, 0) is 14.9 Å². The van der Waals surface area contributed by atoms with E-state index in [1.165, 1.54) is 173 Å². The topological polar surface area (TPSA) is 104 Å². The quantitative estimate of drug-likeness (QED) is 0.0334. The number of aliphatic hydroxyl groups is 1. The Labute approximate surface area is 305 Å². The summed E-state index contributed by atoms with van der Waals surface area (Å²) >= 11 is 0. The predicted octanol–water partition coefficient (Wildman–Crippen LogP) is 12.6. The number of carbonyl (C=O) groups excluding carboxylic acids is 1. The molecule has 0 radical (unpaired) electrons. The van der Waals surface area contributed by atoms with Crippen molar-refractivity contribution in [2.45, 2.75) is 244 Å². The first-order chi connectivity index (χ1) is 23.8. The summed E-state index contributed by atoms with van der Waals surface area (Å²) in [6, 6.07) is -1.05. The van der Waals surface area contributed by atoms with Gasteiger partial charge in [-0.3, -0.25) is 9.35 Å². The number of nitrogens with one attached hydrogen (secondary N) is 1. The van der Waals surface area contributed by atoms with Crippen LogP contribution in [0.2, 0.25) is 0 Å². The van der Waals surface area contributed by atoms with Gasteiger partial charge in [-0.25, -0.2) is 0 Å². The van der Waals surface area contributed by atoms with Gasteiger partial charge in [-0.2, -0.15) is 8.42 Å². The van der Waals surface area contributed by atoms with Crippen molar-refractivity contribution in [1.82, 2.24) is 5.32 Å². The molecule has 0 aromatic carbocycles. The molecule has 49 heavy (non-hydrogen) atoms. The summed E-state index contributed by atoms with van der Waals surface area (Å²) < 4.78 is 32.4. The van der Waals surface area contributed by atoms with E-state index in [1.54, 1.807) is 6.08 Å². The van der Waals surface area contributed by atoms with Crippen molar-refractivity contribution < 1.29 is 22.9 Å². The van der Waals surface area contributed by atoms with Crippen molar-refractivity contribution in [1.29, 1.82) is 0 Å². The first-order valence-corrected chi connectivity index (χ1v) is 23.0. The highest BCUT2D eigenvalue weighted by Crippen LogP contribution is 2.16. The Morgan fingerprint density at radius 1 is 0.531 bits per heavy atom. The van der Waals surface area contributed by atoms with E-state index in [9.17, 15) is 22.9 Å². The van der Waals surface area contributed by atoms with E-state index in [-0.39, 0.29) is 5.91 Å². The van der Waals surface area contributed by atoms with E-state index in [4.69, 9.17) is 0 Å². The van der Waals surface area contributed by atoms with E-state index in [2.05, 4.69) is 19.2 Å². The number of allylic oxidation sites excluding steroid dienone is 1. The lowest BCUT2D eigenvalue weighted by Crippen LogP contribution is -2.46. The van der Waals surface area contributed by atoms with E-state index in [0.717, 1.165) is 38.5 Å². The minimum absolute atomic E-state index is 0.274. The zero-order valence-corrected chi connectivity index (χ0v) is 33.4. The van der Waals surface area contributed by atoms with Crippen molar-refractivity contribution in [3.8, 4) is 0 Å². The Morgan fingerprint density at radius 2 is 0.837 bits per heavy atom. The number of aliphatic hydroxyl groups excluding tert-OH is 1. The van der Waals surface area contributed by atoms with Gasteiger partial charge in [0.25, 0.3) is 10.1 Å². The molecule has 3 N–H and O–H groups in total. The van der Waals surface area contributed by atoms with Crippen LogP contribution in [0.1, 0.15) is 232 Å². The van der Waals surface area contributed by atoms with Crippen LogP contribution in [-0.4, -0.2) is 41.9 Å². The normalized spacial score (nSPS) is 13.3. The molecule has 0 aliphatic carbocycles. The van der Waals surface area contributed by atoms with E-state index >= 15 is 0 Å². The zero-order chi connectivity index (χ0) is 36.1. The molecule has 2 atom stereocenters. The van der Waals surface area contributed by atoms with Crippen LogP contribution < -0.4 is 5.32 Å². The summed E-state index contributed by atoms with van der Waals surface area (Å²) in [5, 5.41) is 13.2. The summed E-state index contributed by atoms with van der Waals surface area (Å²) in [7, 11) is -4.33. The van der Waals surface area contributed by atoms with Gasteiger partial charge < -0.3 is 10.4 Å². The van der Waals surface area contributed by atoms with Gasteiger partial charge in [-0.15, -0.1) is 0 Å². The van der Waals surface area contributed by atoms with Gasteiger partial charge in [0.1, 0.15) is 0 Å². The molecule has 0 aliphatic heterocycles. The van der Waals surface area contributed by atoms with Gasteiger partial charge in [-0.1, -0.05) is 219 Å². The van der Waals surface area contributed by atoms with Crippen LogP contribution >= 0.6 is 0 Å². The fraction of sp³-hybridized carbons (Fsp3) is 0.929. The molecular formula is C42H83NO5S. The molecule has 0 bridgehead atoms. The molecule has 7 heteroatoms. The maximum absolute atomic E-state index is 12.5. The molecule has 0 aromatic heterocycles. The summed E-state index contributed by atoms with van der Waals surface area (Å²) in [6.45, 7) is 4.52. The third-order valence-electron chi connectivity index (χ3n) is 9.96. The summed E-state index contributed by atoms with van der Waals surface area (Å²) in [5.41, 5.74) is 0. The number of amides is 1. The van der Waals surface area contributed by atoms with Crippen LogP contribution in [0, 0.1) is 0 Å². The average Bonchev–Trinajstić information content (AvgIpc) is 3.06. The van der Waals surface area contributed by atoms with Gasteiger partial charge in [-0.05, 0) is 19.3 Å². The number of hydrogen-bond donors (Lipinski definition) is 3. The highest BCUT2D eigenvalue weighted by molar-refractivity contribution is 7.85. The first kappa shape index (κ1) is 48.1. The van der Waals surface area contributed by atoms with Crippen LogP contribution in [0.5, 0.6) is 0 Å². The first-order valence-electron chi connectivity index (χ1n) is 21.4. The van der Waals surface area contributed by atoms with Crippen molar-refractivity contribution in [3.05, 3.63) is 12.2 Å². The molecular weight excluding hydrogens is 631 g/mol. The minimum Gasteiger partial charge on any atom is -0.387 e. The number of hydrogen-bond acceptors (Lipinski definition) is 4. The fourth-order valence-corrected chi connectivity index (χ4v) is 7.48. The van der Waals surface area contributed by atoms with E-state index in [0.29, 0.717) is 6.42 Å². The Kier molecular flexibility index (Phi) is 36.2. The van der Waals surface area contributed by atoms with Crippen LogP contribution in [0.15, 0.2) is 12.2 Å². The molecule has 0 fully saturated rings. The number of rotatable bonds is 39. The van der Waals surface area contributed by atoms with E-state index < -0.39 is 28.0 Å². The van der Waals surface area contributed by atoms with Crippen LogP contribution in [0.25, 0.3) is 0 Å². The van der Waals surface area contributed by atoms with E-state index in [1.807, 2.05) is 6.08 Å². The van der Waals surface area contributed by atoms with Crippen LogP contribution in [0.3, 0.4) is 0 Å². The molecule has 292 valence electrons.